The zero-order chi connectivity index (χ0) is 22.0. The maximum Gasteiger partial charge on any atom is 0.339 e. The number of carbonyl (C=O) groups is 4. The van der Waals surface area contributed by atoms with Gasteiger partial charge >= 0.3 is 5.97 Å². The summed E-state index contributed by atoms with van der Waals surface area (Å²) in [4.78, 5) is 50.2. The van der Waals surface area contributed by atoms with Crippen LogP contribution < -0.4 is 14.8 Å². The lowest BCUT2D eigenvalue weighted by Gasteiger charge is -2.12. The van der Waals surface area contributed by atoms with Crippen molar-refractivity contribution in [2.75, 3.05) is 25.8 Å². The van der Waals surface area contributed by atoms with Crippen LogP contribution in [0.5, 0.6) is 11.5 Å². The van der Waals surface area contributed by atoms with Crippen LogP contribution in [0, 0.1) is 0 Å². The highest BCUT2D eigenvalue weighted by molar-refractivity contribution is 8.00. The van der Waals surface area contributed by atoms with Crippen LogP contribution in [-0.4, -0.2) is 54.3 Å². The van der Waals surface area contributed by atoms with E-state index < -0.39 is 23.7 Å². The molecule has 1 fully saturated rings. The van der Waals surface area contributed by atoms with Gasteiger partial charge in [0.1, 0.15) is 0 Å². The first-order chi connectivity index (χ1) is 14.9. The van der Waals surface area contributed by atoms with Crippen LogP contribution in [0.15, 0.2) is 47.4 Å². The minimum absolute atomic E-state index is 0.0708. The predicted molar refractivity (Wildman–Crippen MR) is 110 cm³/mol. The second-order valence-electron chi connectivity index (χ2n) is 6.79. The summed E-state index contributed by atoms with van der Waals surface area (Å²) in [7, 11) is 1.43. The molecule has 1 saturated heterocycles. The number of hydrogen-bond acceptors (Lipinski definition) is 8. The number of ether oxygens (including phenoxy) is 3. The standard InChI is InChI=1S/C21H18N2O7S/c1-23-19(25)9-17(20(23)26)31-16-5-3-2-4-13(16)21(27)28-10-18(24)22-12-6-7-14-15(8-12)30-11-29-14/h2-8,17H,9-11H2,1H3,(H,22,24). The van der Waals surface area contributed by atoms with Crippen molar-refractivity contribution in [2.45, 2.75) is 16.6 Å². The summed E-state index contributed by atoms with van der Waals surface area (Å²) >= 11 is 1.13. The molecule has 1 N–H and O–H groups in total. The lowest BCUT2D eigenvalue weighted by atomic mass is 10.2. The lowest BCUT2D eigenvalue weighted by Crippen LogP contribution is -2.26. The highest BCUT2D eigenvalue weighted by Crippen LogP contribution is 2.35. The molecule has 0 radical (unpaired) electrons. The first-order valence-electron chi connectivity index (χ1n) is 9.35. The Balaban J connectivity index is 1.36. The smallest absolute Gasteiger partial charge is 0.339 e. The van der Waals surface area contributed by atoms with Crippen molar-refractivity contribution >= 4 is 41.1 Å². The Bertz CT molecular complexity index is 1070. The summed E-state index contributed by atoms with van der Waals surface area (Å²) in [6, 6.07) is 11.5. The van der Waals surface area contributed by atoms with E-state index in [4.69, 9.17) is 14.2 Å². The zero-order valence-corrected chi connectivity index (χ0v) is 17.3. The molecule has 31 heavy (non-hydrogen) atoms. The normalized spacial score (nSPS) is 17.1. The number of imide groups is 1. The minimum Gasteiger partial charge on any atom is -0.454 e. The lowest BCUT2D eigenvalue weighted by molar-refractivity contribution is -0.136. The van der Waals surface area contributed by atoms with Gasteiger partial charge in [-0.3, -0.25) is 19.3 Å². The molecule has 2 aliphatic rings. The van der Waals surface area contributed by atoms with E-state index in [9.17, 15) is 19.2 Å². The van der Waals surface area contributed by atoms with Gasteiger partial charge in [0.05, 0.1) is 10.8 Å². The summed E-state index contributed by atoms with van der Waals surface area (Å²) in [5.41, 5.74) is 0.702. The van der Waals surface area contributed by atoms with Crippen LogP contribution in [0.3, 0.4) is 0 Å². The fraction of sp³-hybridized carbons (Fsp3) is 0.238. The van der Waals surface area contributed by atoms with Crippen molar-refractivity contribution in [1.82, 2.24) is 4.90 Å². The molecular weight excluding hydrogens is 424 g/mol. The molecule has 0 spiro atoms. The molecule has 0 aromatic heterocycles. The number of likely N-dealkylation sites (tertiary alicyclic amines) is 1. The Kier molecular flexibility index (Phi) is 5.81. The van der Waals surface area contributed by atoms with Gasteiger partial charge in [0.2, 0.25) is 18.6 Å². The second kappa shape index (κ2) is 8.68. The number of anilines is 1. The maximum absolute atomic E-state index is 12.5. The van der Waals surface area contributed by atoms with Gasteiger partial charge in [-0.25, -0.2) is 4.79 Å². The molecule has 160 valence electrons. The fourth-order valence-corrected chi connectivity index (χ4v) is 4.31. The van der Waals surface area contributed by atoms with Crippen LogP contribution in [0.4, 0.5) is 5.69 Å². The number of fused-ring (bicyclic) bond motifs is 1. The Morgan fingerprint density at radius 3 is 2.71 bits per heavy atom. The third kappa shape index (κ3) is 4.48. The molecule has 2 heterocycles. The summed E-state index contributed by atoms with van der Waals surface area (Å²) in [6.45, 7) is -0.367. The van der Waals surface area contributed by atoms with Crippen LogP contribution in [0.1, 0.15) is 16.8 Å². The number of nitrogens with one attached hydrogen (secondary N) is 1. The summed E-state index contributed by atoms with van der Waals surface area (Å²) in [5.74, 6) is -0.674. The topological polar surface area (TPSA) is 111 Å². The molecule has 9 nitrogen and oxygen atoms in total. The monoisotopic (exact) mass is 442 g/mol. The molecule has 0 saturated carbocycles. The van der Waals surface area contributed by atoms with E-state index in [0.717, 1.165) is 16.7 Å². The van der Waals surface area contributed by atoms with Crippen molar-refractivity contribution in [3.8, 4) is 11.5 Å². The number of carbonyl (C=O) groups excluding carboxylic acids is 4. The number of amides is 3. The molecule has 0 aliphatic carbocycles. The number of nitrogens with zero attached hydrogens (tertiary/aromatic N) is 1. The van der Waals surface area contributed by atoms with Crippen molar-refractivity contribution in [3.63, 3.8) is 0 Å². The van der Waals surface area contributed by atoms with Crippen LogP contribution in [0.2, 0.25) is 0 Å². The molecular formula is C21H18N2O7S. The predicted octanol–water partition coefficient (Wildman–Crippen LogP) is 2.06. The summed E-state index contributed by atoms with van der Waals surface area (Å²) in [6.07, 6.45) is 0.0708. The number of benzene rings is 2. The van der Waals surface area contributed by atoms with Gasteiger partial charge in [0, 0.05) is 30.1 Å². The van der Waals surface area contributed by atoms with Gasteiger partial charge in [-0.05, 0) is 24.3 Å². The Morgan fingerprint density at radius 2 is 1.94 bits per heavy atom. The molecule has 0 bridgehead atoms. The van der Waals surface area contributed by atoms with E-state index in [0.29, 0.717) is 22.1 Å². The third-order valence-corrected chi connectivity index (χ3v) is 5.97. The number of esters is 1. The SMILES string of the molecule is CN1C(=O)CC(Sc2ccccc2C(=O)OCC(=O)Nc2ccc3c(c2)OCO3)C1=O. The fourth-order valence-electron chi connectivity index (χ4n) is 3.09. The molecule has 2 aromatic rings. The first-order valence-corrected chi connectivity index (χ1v) is 10.2. The molecule has 3 amide bonds. The van der Waals surface area contributed by atoms with E-state index >= 15 is 0 Å². The average molecular weight is 442 g/mol. The van der Waals surface area contributed by atoms with Gasteiger partial charge in [0.15, 0.2) is 18.1 Å². The van der Waals surface area contributed by atoms with Gasteiger partial charge in [0.25, 0.3) is 5.91 Å². The van der Waals surface area contributed by atoms with Crippen LogP contribution >= 0.6 is 11.8 Å². The van der Waals surface area contributed by atoms with Gasteiger partial charge < -0.3 is 19.5 Å². The Labute approximate surface area is 181 Å². The Hall–Kier alpha value is -3.53. The minimum atomic E-state index is -0.700. The molecule has 1 atom stereocenters. The number of thioether (sulfide) groups is 1. The Morgan fingerprint density at radius 1 is 1.16 bits per heavy atom. The van der Waals surface area contributed by atoms with E-state index in [1.807, 2.05) is 0 Å². The van der Waals surface area contributed by atoms with Gasteiger partial charge in [-0.2, -0.15) is 0 Å². The number of hydrogen-bond donors (Lipinski definition) is 1. The van der Waals surface area contributed by atoms with Crippen molar-refractivity contribution in [1.29, 1.82) is 0 Å². The first kappa shape index (κ1) is 20.7. The highest BCUT2D eigenvalue weighted by atomic mass is 32.2. The van der Waals surface area contributed by atoms with E-state index in [2.05, 4.69) is 5.32 Å². The van der Waals surface area contributed by atoms with Crippen LogP contribution in [-0.2, 0) is 19.1 Å². The molecule has 10 heteroatoms. The van der Waals surface area contributed by atoms with Crippen molar-refractivity contribution < 1.29 is 33.4 Å². The molecule has 4 rings (SSSR count). The summed E-state index contributed by atoms with van der Waals surface area (Å²) in [5, 5.41) is 2.03. The van der Waals surface area contributed by atoms with Crippen molar-refractivity contribution in [3.05, 3.63) is 48.0 Å². The quantitative estimate of drug-likeness (QED) is 0.535. The molecule has 1 unspecified atom stereocenters. The van der Waals surface area contributed by atoms with E-state index in [1.165, 1.54) is 7.05 Å². The van der Waals surface area contributed by atoms with E-state index in [1.54, 1.807) is 42.5 Å². The number of rotatable bonds is 6. The average Bonchev–Trinajstić information content (AvgIpc) is 3.32. The largest absolute Gasteiger partial charge is 0.454 e. The third-order valence-electron chi connectivity index (χ3n) is 4.71. The second-order valence-corrected chi connectivity index (χ2v) is 8.03. The zero-order valence-electron chi connectivity index (χ0n) is 16.5. The molecule has 2 aliphatic heterocycles. The highest BCUT2D eigenvalue weighted by Gasteiger charge is 2.37. The van der Waals surface area contributed by atoms with E-state index in [-0.39, 0.29) is 30.6 Å². The molecule has 2 aromatic carbocycles. The van der Waals surface area contributed by atoms with Gasteiger partial charge in [-0.1, -0.05) is 12.1 Å². The van der Waals surface area contributed by atoms with Crippen LogP contribution in [0.25, 0.3) is 0 Å². The van der Waals surface area contributed by atoms with Gasteiger partial charge in [-0.15, -0.1) is 11.8 Å². The van der Waals surface area contributed by atoms with Crippen molar-refractivity contribution in [2.24, 2.45) is 0 Å². The maximum atomic E-state index is 12.5. The summed E-state index contributed by atoms with van der Waals surface area (Å²) < 4.78 is 15.6.